The summed E-state index contributed by atoms with van der Waals surface area (Å²) in [4.78, 5) is 16.8. The number of hydrogen-bond acceptors (Lipinski definition) is 7. The normalized spacial score (nSPS) is 10.8. The molecule has 6 aromatic rings. The van der Waals surface area contributed by atoms with Crippen molar-refractivity contribution in [2.75, 3.05) is 18.1 Å². The second-order valence-electron chi connectivity index (χ2n) is 9.43. The molecule has 0 aliphatic carbocycles. The minimum atomic E-state index is 0.630. The van der Waals surface area contributed by atoms with E-state index in [0.29, 0.717) is 13.2 Å². The molecule has 0 amide bonds. The zero-order chi connectivity index (χ0) is 28.7. The Morgan fingerprint density at radius 3 is 1.50 bits per heavy atom. The first-order valence-corrected chi connectivity index (χ1v) is 14.7. The van der Waals surface area contributed by atoms with Gasteiger partial charge >= 0.3 is 0 Å². The van der Waals surface area contributed by atoms with Gasteiger partial charge in [-0.25, -0.2) is 4.98 Å². The fourth-order valence-corrected chi connectivity index (χ4v) is 5.77. The Kier molecular flexibility index (Phi) is 8.19. The summed E-state index contributed by atoms with van der Waals surface area (Å²) in [5, 5.41) is 1.09. The van der Waals surface area contributed by atoms with Crippen molar-refractivity contribution in [1.29, 1.82) is 0 Å². The maximum Gasteiger partial charge on any atom is 0.119 e. The van der Waals surface area contributed by atoms with Crippen LogP contribution < -0.4 is 14.4 Å². The van der Waals surface area contributed by atoms with Crippen LogP contribution in [0.3, 0.4) is 0 Å². The SMILES string of the molecule is CCOc1ccc(N(c2ccc(OCC)cc2)c2ccc(-c3cc(-c4ccncc4)nc(-c4ccncc4)c3)s2)cc1. The smallest absolute Gasteiger partial charge is 0.119 e. The van der Waals surface area contributed by atoms with E-state index in [0.717, 1.165) is 60.8 Å². The highest BCUT2D eigenvalue weighted by molar-refractivity contribution is 7.19. The highest BCUT2D eigenvalue weighted by Gasteiger charge is 2.17. The molecule has 4 heterocycles. The maximum atomic E-state index is 5.71. The second-order valence-corrected chi connectivity index (χ2v) is 10.5. The van der Waals surface area contributed by atoms with E-state index in [4.69, 9.17) is 14.5 Å². The van der Waals surface area contributed by atoms with Crippen LogP contribution >= 0.6 is 11.3 Å². The fourth-order valence-electron chi connectivity index (χ4n) is 4.74. The Bertz CT molecular complexity index is 1630. The van der Waals surface area contributed by atoms with E-state index in [1.54, 1.807) is 36.1 Å². The van der Waals surface area contributed by atoms with E-state index in [1.165, 1.54) is 0 Å². The summed E-state index contributed by atoms with van der Waals surface area (Å²) in [7, 11) is 0. The third-order valence-corrected chi connectivity index (χ3v) is 7.81. The second kappa shape index (κ2) is 12.7. The molecule has 0 saturated carbocycles. The van der Waals surface area contributed by atoms with Gasteiger partial charge in [-0.15, -0.1) is 11.3 Å². The Morgan fingerprint density at radius 1 is 0.571 bits per heavy atom. The molecule has 0 spiro atoms. The topological polar surface area (TPSA) is 60.4 Å². The van der Waals surface area contributed by atoms with E-state index in [2.05, 4.69) is 63.4 Å². The molecule has 2 aromatic carbocycles. The van der Waals surface area contributed by atoms with Crippen LogP contribution in [0.4, 0.5) is 16.4 Å². The van der Waals surface area contributed by atoms with Gasteiger partial charge in [0, 0.05) is 52.2 Å². The lowest BCUT2D eigenvalue weighted by molar-refractivity contribution is 0.340. The summed E-state index contributed by atoms with van der Waals surface area (Å²) in [5.74, 6) is 1.70. The molecule has 6 rings (SSSR count). The summed E-state index contributed by atoms with van der Waals surface area (Å²) in [5.41, 5.74) is 7.01. The van der Waals surface area contributed by atoms with Gasteiger partial charge in [0.2, 0.25) is 0 Å². The largest absolute Gasteiger partial charge is 0.494 e. The molecule has 6 nitrogen and oxygen atoms in total. The van der Waals surface area contributed by atoms with E-state index in [1.807, 2.05) is 62.4 Å². The van der Waals surface area contributed by atoms with E-state index in [9.17, 15) is 0 Å². The molecule has 0 fully saturated rings. The van der Waals surface area contributed by atoms with Crippen LogP contribution in [-0.2, 0) is 0 Å². The minimum Gasteiger partial charge on any atom is -0.494 e. The zero-order valence-electron chi connectivity index (χ0n) is 23.5. The maximum absolute atomic E-state index is 5.71. The predicted octanol–water partition coefficient (Wildman–Crippen LogP) is 9.20. The van der Waals surface area contributed by atoms with Gasteiger partial charge in [0.05, 0.1) is 24.6 Å². The van der Waals surface area contributed by atoms with E-state index >= 15 is 0 Å². The first kappa shape index (κ1) is 27.2. The molecule has 4 aromatic heterocycles. The molecule has 0 aliphatic rings. The molecule has 42 heavy (non-hydrogen) atoms. The number of hydrogen-bond donors (Lipinski definition) is 0. The standard InChI is InChI=1S/C35H30N4O2S/c1-3-40-30-9-5-28(6-10-30)39(29-7-11-31(12-8-29)41-4-2)35-14-13-34(42-35)27-23-32(25-15-19-36-20-16-25)38-33(24-27)26-17-21-37-22-18-26/h5-24H,3-4H2,1-2H3. The van der Waals surface area contributed by atoms with Gasteiger partial charge in [-0.1, -0.05) is 0 Å². The minimum absolute atomic E-state index is 0.630. The van der Waals surface area contributed by atoms with Crippen molar-refractivity contribution in [3.63, 3.8) is 0 Å². The van der Waals surface area contributed by atoms with Gasteiger partial charge in [-0.2, -0.15) is 0 Å². The molecule has 0 bridgehead atoms. The van der Waals surface area contributed by atoms with Crippen molar-refractivity contribution in [1.82, 2.24) is 15.0 Å². The van der Waals surface area contributed by atoms with E-state index in [-0.39, 0.29) is 0 Å². The molecule has 0 atom stereocenters. The van der Waals surface area contributed by atoms with Crippen LogP contribution in [0.15, 0.2) is 122 Å². The molecule has 208 valence electrons. The number of rotatable bonds is 10. The molecule has 0 radical (unpaired) electrons. The van der Waals surface area contributed by atoms with Gasteiger partial charge < -0.3 is 14.4 Å². The lowest BCUT2D eigenvalue weighted by Crippen LogP contribution is -2.08. The summed E-state index contributed by atoms with van der Waals surface area (Å²) in [6.07, 6.45) is 7.18. The number of ether oxygens (including phenoxy) is 2. The first-order valence-electron chi connectivity index (χ1n) is 13.9. The van der Waals surface area contributed by atoms with Crippen molar-refractivity contribution >= 4 is 27.7 Å². The van der Waals surface area contributed by atoms with E-state index < -0.39 is 0 Å². The Hall–Kier alpha value is -5.01. The van der Waals surface area contributed by atoms with Gasteiger partial charge in [0.25, 0.3) is 0 Å². The molecule has 0 N–H and O–H groups in total. The number of anilines is 3. The molecule has 0 unspecified atom stereocenters. The monoisotopic (exact) mass is 570 g/mol. The number of aromatic nitrogens is 3. The number of pyridine rings is 3. The number of nitrogens with zero attached hydrogens (tertiary/aromatic N) is 4. The van der Waals surface area contributed by atoms with Crippen LogP contribution in [0.1, 0.15) is 13.8 Å². The Morgan fingerprint density at radius 2 is 1.05 bits per heavy atom. The highest BCUT2D eigenvalue weighted by Crippen LogP contribution is 2.43. The Balaban J connectivity index is 1.43. The molecule has 7 heteroatoms. The van der Waals surface area contributed by atoms with Gasteiger partial charge in [0.1, 0.15) is 16.5 Å². The Labute approximate surface area is 249 Å². The average molecular weight is 571 g/mol. The van der Waals surface area contributed by atoms with Crippen molar-refractivity contribution in [3.05, 3.63) is 122 Å². The molecular weight excluding hydrogens is 540 g/mol. The molecular formula is C35H30N4O2S. The van der Waals surface area contributed by atoms with Crippen molar-refractivity contribution in [3.8, 4) is 44.5 Å². The van der Waals surface area contributed by atoms with Crippen molar-refractivity contribution < 1.29 is 9.47 Å². The van der Waals surface area contributed by atoms with Crippen molar-refractivity contribution in [2.45, 2.75) is 13.8 Å². The summed E-state index contributed by atoms with van der Waals surface area (Å²) < 4.78 is 11.4. The molecule has 0 saturated heterocycles. The van der Waals surface area contributed by atoms with Crippen LogP contribution in [-0.4, -0.2) is 28.2 Å². The summed E-state index contributed by atoms with van der Waals surface area (Å²) in [6.45, 7) is 5.25. The number of benzene rings is 2. The van der Waals surface area contributed by atoms with Gasteiger partial charge in [0.15, 0.2) is 0 Å². The van der Waals surface area contributed by atoms with Crippen LogP contribution in [0.2, 0.25) is 0 Å². The lowest BCUT2D eigenvalue weighted by Gasteiger charge is -2.24. The number of thiophene rings is 1. The fraction of sp³-hybridized carbons (Fsp3) is 0.114. The summed E-state index contributed by atoms with van der Waals surface area (Å²) in [6, 6.07) is 33.0. The zero-order valence-corrected chi connectivity index (χ0v) is 24.3. The third kappa shape index (κ3) is 6.01. The molecule has 0 aliphatic heterocycles. The highest BCUT2D eigenvalue weighted by atomic mass is 32.1. The first-order chi connectivity index (χ1) is 20.7. The van der Waals surface area contributed by atoms with Crippen LogP contribution in [0.25, 0.3) is 33.0 Å². The quantitative estimate of drug-likeness (QED) is 0.164. The predicted molar refractivity (Wildman–Crippen MR) is 171 cm³/mol. The third-order valence-electron chi connectivity index (χ3n) is 6.69. The van der Waals surface area contributed by atoms with Gasteiger partial charge in [-0.05, 0) is 116 Å². The lowest BCUT2D eigenvalue weighted by atomic mass is 10.1. The van der Waals surface area contributed by atoms with Crippen molar-refractivity contribution in [2.24, 2.45) is 0 Å². The summed E-state index contributed by atoms with van der Waals surface area (Å²) >= 11 is 1.73. The van der Waals surface area contributed by atoms with Gasteiger partial charge in [-0.3, -0.25) is 9.97 Å². The van der Waals surface area contributed by atoms with Crippen LogP contribution in [0, 0.1) is 0 Å². The van der Waals surface area contributed by atoms with Crippen LogP contribution in [0.5, 0.6) is 11.5 Å². The average Bonchev–Trinajstić information content (AvgIpc) is 3.54.